The van der Waals surface area contributed by atoms with E-state index in [9.17, 15) is 9.59 Å². The fourth-order valence-corrected chi connectivity index (χ4v) is 1.89. The van der Waals surface area contributed by atoms with Gasteiger partial charge in [0.05, 0.1) is 0 Å². The van der Waals surface area contributed by atoms with Gasteiger partial charge in [-0.2, -0.15) is 0 Å². The van der Waals surface area contributed by atoms with Crippen LogP contribution in [0.4, 0.5) is 5.82 Å². The van der Waals surface area contributed by atoms with Crippen LogP contribution >= 0.6 is 15.9 Å². The summed E-state index contributed by atoms with van der Waals surface area (Å²) in [4.78, 5) is 26.8. The van der Waals surface area contributed by atoms with E-state index in [2.05, 4.69) is 26.2 Å². The molecule has 0 saturated carbocycles. The van der Waals surface area contributed by atoms with Crippen molar-refractivity contribution in [1.82, 2.24) is 4.98 Å². The Balaban J connectivity index is 2.27. The van der Waals surface area contributed by atoms with Crippen molar-refractivity contribution in [1.29, 1.82) is 0 Å². The lowest BCUT2D eigenvalue weighted by atomic mass is 10.2. The highest BCUT2D eigenvalue weighted by Crippen LogP contribution is 2.15. The lowest BCUT2D eigenvalue weighted by Gasteiger charge is -2.07. The molecular weight excluding hydrogens is 312 g/mol. The van der Waals surface area contributed by atoms with Gasteiger partial charge in [0.15, 0.2) is 0 Å². The number of carboxylic acids is 1. The molecule has 0 saturated heterocycles. The van der Waals surface area contributed by atoms with E-state index in [-0.39, 0.29) is 11.4 Å². The molecule has 0 aliphatic heterocycles. The van der Waals surface area contributed by atoms with Crippen LogP contribution in [0.3, 0.4) is 0 Å². The maximum absolute atomic E-state index is 12.0. The summed E-state index contributed by atoms with van der Waals surface area (Å²) < 4.78 is 0.764. The SMILES string of the molecule is O=C(Nc1ncccc1C(=O)O)c1cccc(Br)c1. The Labute approximate surface area is 117 Å². The molecule has 0 aliphatic rings. The number of nitrogens with one attached hydrogen (secondary N) is 1. The van der Waals surface area contributed by atoms with Crippen molar-refractivity contribution in [2.75, 3.05) is 5.32 Å². The Bertz CT molecular complexity index is 643. The number of carbonyl (C=O) groups is 2. The molecule has 2 aromatic rings. The molecule has 1 amide bonds. The standard InChI is InChI=1S/C13H9BrN2O3/c14-9-4-1-3-8(7-9)12(17)16-11-10(13(18)19)5-2-6-15-11/h1-7H,(H,18,19)(H,15,16,17). The van der Waals surface area contributed by atoms with Crippen LogP contribution in [0.1, 0.15) is 20.7 Å². The summed E-state index contributed by atoms with van der Waals surface area (Å²) >= 11 is 3.26. The second kappa shape index (κ2) is 5.62. The second-order valence-corrected chi connectivity index (χ2v) is 4.58. The summed E-state index contributed by atoms with van der Waals surface area (Å²) in [6.07, 6.45) is 1.42. The Morgan fingerprint density at radius 1 is 1.21 bits per heavy atom. The van der Waals surface area contributed by atoms with Crippen LogP contribution in [0.5, 0.6) is 0 Å². The predicted molar refractivity (Wildman–Crippen MR) is 73.3 cm³/mol. The highest BCUT2D eigenvalue weighted by Gasteiger charge is 2.14. The Morgan fingerprint density at radius 3 is 2.68 bits per heavy atom. The lowest BCUT2D eigenvalue weighted by molar-refractivity contribution is 0.0697. The number of halogens is 1. The normalized spacial score (nSPS) is 9.95. The quantitative estimate of drug-likeness (QED) is 0.911. The van der Waals surface area contributed by atoms with Gasteiger partial charge in [-0.05, 0) is 30.3 Å². The van der Waals surface area contributed by atoms with Gasteiger partial charge in [-0.15, -0.1) is 0 Å². The summed E-state index contributed by atoms with van der Waals surface area (Å²) in [6.45, 7) is 0. The molecule has 1 heterocycles. The average Bonchev–Trinajstić information content (AvgIpc) is 2.39. The number of aromatic nitrogens is 1. The fraction of sp³-hybridized carbons (Fsp3) is 0. The molecule has 0 bridgehead atoms. The van der Waals surface area contributed by atoms with Crippen LogP contribution in [0.2, 0.25) is 0 Å². The number of carboxylic acid groups (broad SMARTS) is 1. The molecule has 0 atom stereocenters. The minimum atomic E-state index is -1.14. The molecule has 19 heavy (non-hydrogen) atoms. The number of anilines is 1. The van der Waals surface area contributed by atoms with E-state index in [1.165, 1.54) is 18.3 Å². The van der Waals surface area contributed by atoms with E-state index in [1.54, 1.807) is 24.3 Å². The van der Waals surface area contributed by atoms with E-state index in [0.29, 0.717) is 5.56 Å². The van der Waals surface area contributed by atoms with Crippen molar-refractivity contribution < 1.29 is 14.7 Å². The fourth-order valence-electron chi connectivity index (χ4n) is 1.49. The van der Waals surface area contributed by atoms with Gasteiger partial charge in [0.25, 0.3) is 5.91 Å². The topological polar surface area (TPSA) is 79.3 Å². The number of hydrogen-bond acceptors (Lipinski definition) is 3. The zero-order valence-electron chi connectivity index (χ0n) is 9.63. The van der Waals surface area contributed by atoms with Gasteiger partial charge >= 0.3 is 5.97 Å². The van der Waals surface area contributed by atoms with Gasteiger partial charge in [-0.25, -0.2) is 9.78 Å². The first-order valence-corrected chi connectivity index (χ1v) is 6.12. The smallest absolute Gasteiger partial charge is 0.339 e. The van der Waals surface area contributed by atoms with Gasteiger partial charge in [0.1, 0.15) is 11.4 Å². The van der Waals surface area contributed by atoms with E-state index < -0.39 is 11.9 Å². The molecule has 5 nitrogen and oxygen atoms in total. The molecule has 0 aliphatic carbocycles. The number of carbonyl (C=O) groups excluding carboxylic acids is 1. The summed E-state index contributed by atoms with van der Waals surface area (Å²) in [5.74, 6) is -1.53. The van der Waals surface area contributed by atoms with Crippen molar-refractivity contribution in [2.24, 2.45) is 0 Å². The van der Waals surface area contributed by atoms with E-state index in [1.807, 2.05) is 0 Å². The largest absolute Gasteiger partial charge is 0.478 e. The van der Waals surface area contributed by atoms with Crippen LogP contribution in [-0.2, 0) is 0 Å². The van der Waals surface area contributed by atoms with Crippen LogP contribution in [-0.4, -0.2) is 22.0 Å². The summed E-state index contributed by atoms with van der Waals surface area (Å²) in [6, 6.07) is 9.65. The highest BCUT2D eigenvalue weighted by molar-refractivity contribution is 9.10. The average molecular weight is 321 g/mol. The number of amides is 1. The van der Waals surface area contributed by atoms with Crippen molar-refractivity contribution >= 4 is 33.6 Å². The number of benzene rings is 1. The van der Waals surface area contributed by atoms with Gasteiger partial charge in [0, 0.05) is 16.2 Å². The van der Waals surface area contributed by atoms with E-state index in [4.69, 9.17) is 5.11 Å². The molecule has 2 N–H and O–H groups in total. The molecule has 2 rings (SSSR count). The first kappa shape index (κ1) is 13.2. The van der Waals surface area contributed by atoms with Crippen molar-refractivity contribution in [2.45, 2.75) is 0 Å². The number of pyridine rings is 1. The Hall–Kier alpha value is -2.21. The summed E-state index contributed by atoms with van der Waals surface area (Å²) in [7, 11) is 0. The molecule has 0 fully saturated rings. The molecule has 1 aromatic carbocycles. The van der Waals surface area contributed by atoms with Crippen LogP contribution in [0.15, 0.2) is 47.1 Å². The number of hydrogen-bond donors (Lipinski definition) is 2. The van der Waals surface area contributed by atoms with E-state index in [0.717, 1.165) is 4.47 Å². The molecule has 1 aromatic heterocycles. The van der Waals surface area contributed by atoms with Gasteiger partial charge < -0.3 is 10.4 Å². The number of aromatic carboxylic acids is 1. The van der Waals surface area contributed by atoms with Crippen molar-refractivity contribution in [3.05, 3.63) is 58.2 Å². The van der Waals surface area contributed by atoms with E-state index >= 15 is 0 Å². The third-order valence-corrected chi connectivity index (χ3v) is 2.85. The molecule has 0 radical (unpaired) electrons. The maximum atomic E-state index is 12.0. The molecule has 0 unspecified atom stereocenters. The number of nitrogens with zero attached hydrogens (tertiary/aromatic N) is 1. The molecule has 96 valence electrons. The van der Waals surface area contributed by atoms with Crippen LogP contribution in [0, 0.1) is 0 Å². The molecular formula is C13H9BrN2O3. The van der Waals surface area contributed by atoms with Gasteiger partial charge in [-0.1, -0.05) is 22.0 Å². The van der Waals surface area contributed by atoms with Crippen LogP contribution < -0.4 is 5.32 Å². The monoisotopic (exact) mass is 320 g/mol. The Kier molecular flexibility index (Phi) is 3.91. The third-order valence-electron chi connectivity index (χ3n) is 2.36. The second-order valence-electron chi connectivity index (χ2n) is 3.67. The lowest BCUT2D eigenvalue weighted by Crippen LogP contribution is -2.15. The highest BCUT2D eigenvalue weighted by atomic mass is 79.9. The van der Waals surface area contributed by atoms with Crippen LogP contribution in [0.25, 0.3) is 0 Å². The maximum Gasteiger partial charge on any atom is 0.339 e. The zero-order valence-corrected chi connectivity index (χ0v) is 11.2. The first-order chi connectivity index (χ1) is 9.08. The summed E-state index contributed by atoms with van der Waals surface area (Å²) in [5, 5.41) is 11.5. The van der Waals surface area contributed by atoms with Crippen molar-refractivity contribution in [3.63, 3.8) is 0 Å². The summed E-state index contributed by atoms with van der Waals surface area (Å²) in [5.41, 5.74) is 0.363. The predicted octanol–water partition coefficient (Wildman–Crippen LogP) is 2.79. The van der Waals surface area contributed by atoms with Gasteiger partial charge in [-0.3, -0.25) is 4.79 Å². The third kappa shape index (κ3) is 3.17. The zero-order chi connectivity index (χ0) is 13.8. The number of rotatable bonds is 3. The minimum Gasteiger partial charge on any atom is -0.478 e. The minimum absolute atomic E-state index is 0.0278. The molecule has 6 heteroatoms. The first-order valence-electron chi connectivity index (χ1n) is 5.33. The van der Waals surface area contributed by atoms with Crippen molar-refractivity contribution in [3.8, 4) is 0 Å². The van der Waals surface area contributed by atoms with Gasteiger partial charge in [0.2, 0.25) is 0 Å². The Morgan fingerprint density at radius 2 is 2.00 bits per heavy atom. The molecule has 0 spiro atoms.